The Morgan fingerprint density at radius 1 is 1.16 bits per heavy atom. The number of rotatable bonds is 2. The van der Waals surface area contributed by atoms with E-state index >= 15 is 0 Å². The summed E-state index contributed by atoms with van der Waals surface area (Å²) in [6.07, 6.45) is 0. The van der Waals surface area contributed by atoms with E-state index in [9.17, 15) is 18.7 Å². The normalized spacial score (nSPS) is 10.3. The molecule has 0 unspecified atom stereocenters. The van der Waals surface area contributed by atoms with Crippen LogP contribution in [0, 0.1) is 18.6 Å². The number of halogens is 2. The number of carbonyl (C=O) groups excluding carboxylic acids is 1. The molecule has 0 fully saturated rings. The Hall–Kier alpha value is -2.43. The maximum absolute atomic E-state index is 13.4. The molecule has 2 aromatic rings. The summed E-state index contributed by atoms with van der Waals surface area (Å²) in [5.74, 6) is -2.77. The molecule has 1 amide bonds. The second kappa shape index (κ2) is 5.06. The molecule has 0 saturated heterocycles. The van der Waals surface area contributed by atoms with Gasteiger partial charge in [-0.3, -0.25) is 4.79 Å². The van der Waals surface area contributed by atoms with Crippen LogP contribution >= 0.6 is 0 Å². The minimum Gasteiger partial charge on any atom is -0.507 e. The summed E-state index contributed by atoms with van der Waals surface area (Å²) in [6, 6.07) is 7.68. The van der Waals surface area contributed by atoms with Crippen molar-refractivity contribution in [1.82, 2.24) is 0 Å². The van der Waals surface area contributed by atoms with Crippen molar-refractivity contribution < 1.29 is 18.7 Å². The highest BCUT2D eigenvalue weighted by Gasteiger charge is 2.16. The van der Waals surface area contributed by atoms with E-state index in [1.807, 2.05) is 0 Å². The molecule has 0 aromatic heterocycles. The number of para-hydroxylation sites is 1. The van der Waals surface area contributed by atoms with Crippen molar-refractivity contribution in [2.75, 3.05) is 5.32 Å². The number of hydrogen-bond acceptors (Lipinski definition) is 2. The molecule has 3 nitrogen and oxygen atoms in total. The molecule has 2 rings (SSSR count). The van der Waals surface area contributed by atoms with Crippen LogP contribution in [0.5, 0.6) is 5.75 Å². The van der Waals surface area contributed by atoms with Gasteiger partial charge in [0.15, 0.2) is 0 Å². The van der Waals surface area contributed by atoms with Crippen LogP contribution < -0.4 is 5.32 Å². The number of aromatic hydroxyl groups is 1. The van der Waals surface area contributed by atoms with Gasteiger partial charge in [-0.15, -0.1) is 0 Å². The van der Waals surface area contributed by atoms with E-state index in [-0.39, 0.29) is 11.3 Å². The van der Waals surface area contributed by atoms with Gasteiger partial charge in [-0.1, -0.05) is 17.7 Å². The SMILES string of the molecule is Cc1ccc(O)c(C(=O)Nc2c(F)cccc2F)c1. The smallest absolute Gasteiger partial charge is 0.259 e. The third kappa shape index (κ3) is 2.70. The molecule has 2 aromatic carbocycles. The summed E-state index contributed by atoms with van der Waals surface area (Å²) in [5, 5.41) is 11.7. The molecule has 0 radical (unpaired) electrons. The molecule has 0 aliphatic rings. The molecule has 2 N–H and O–H groups in total. The monoisotopic (exact) mass is 263 g/mol. The first-order chi connectivity index (χ1) is 8.99. The number of benzene rings is 2. The lowest BCUT2D eigenvalue weighted by molar-refractivity contribution is 0.102. The summed E-state index contributed by atoms with van der Waals surface area (Å²) >= 11 is 0. The van der Waals surface area contributed by atoms with Crippen LogP contribution in [-0.4, -0.2) is 11.0 Å². The van der Waals surface area contributed by atoms with Crippen LogP contribution in [-0.2, 0) is 0 Å². The van der Waals surface area contributed by atoms with Gasteiger partial charge < -0.3 is 10.4 Å². The molecule has 98 valence electrons. The number of anilines is 1. The first kappa shape index (κ1) is 13.0. The Labute approximate surface area is 108 Å². The minimum absolute atomic E-state index is 0.0392. The highest BCUT2D eigenvalue weighted by Crippen LogP contribution is 2.22. The van der Waals surface area contributed by atoms with Gasteiger partial charge >= 0.3 is 0 Å². The van der Waals surface area contributed by atoms with E-state index in [1.54, 1.807) is 13.0 Å². The second-order valence-corrected chi connectivity index (χ2v) is 4.07. The molecule has 0 bridgehead atoms. The van der Waals surface area contributed by atoms with Gasteiger partial charge in [0.05, 0.1) is 5.56 Å². The van der Waals surface area contributed by atoms with Crippen molar-refractivity contribution in [3.8, 4) is 5.75 Å². The van der Waals surface area contributed by atoms with Gasteiger partial charge in [0.2, 0.25) is 0 Å². The average molecular weight is 263 g/mol. The van der Waals surface area contributed by atoms with Crippen LogP contribution in [0.4, 0.5) is 14.5 Å². The molecule has 0 atom stereocenters. The lowest BCUT2D eigenvalue weighted by Gasteiger charge is -2.09. The molecule has 0 heterocycles. The molecule has 0 spiro atoms. The van der Waals surface area contributed by atoms with Crippen LogP contribution in [0.15, 0.2) is 36.4 Å². The van der Waals surface area contributed by atoms with Gasteiger partial charge in [0.1, 0.15) is 23.1 Å². The molecule has 0 aliphatic heterocycles. The van der Waals surface area contributed by atoms with Gasteiger partial charge in [-0.2, -0.15) is 0 Å². The fourth-order valence-electron chi connectivity index (χ4n) is 1.63. The van der Waals surface area contributed by atoms with Crippen molar-refractivity contribution in [2.24, 2.45) is 0 Å². The lowest BCUT2D eigenvalue weighted by Crippen LogP contribution is -2.14. The van der Waals surface area contributed by atoms with Crippen molar-refractivity contribution in [3.63, 3.8) is 0 Å². The van der Waals surface area contributed by atoms with Gasteiger partial charge in [0, 0.05) is 0 Å². The summed E-state index contributed by atoms with van der Waals surface area (Å²) in [4.78, 5) is 11.9. The Balaban J connectivity index is 2.34. The Bertz CT molecular complexity index is 621. The van der Waals surface area contributed by atoms with Crippen LogP contribution in [0.3, 0.4) is 0 Å². The van der Waals surface area contributed by atoms with E-state index in [2.05, 4.69) is 5.32 Å². The van der Waals surface area contributed by atoms with E-state index in [4.69, 9.17) is 0 Å². The zero-order chi connectivity index (χ0) is 14.0. The molecular weight excluding hydrogens is 252 g/mol. The number of phenolic OH excluding ortho intramolecular Hbond substituents is 1. The quantitative estimate of drug-likeness (QED) is 0.873. The van der Waals surface area contributed by atoms with Crippen LogP contribution in [0.1, 0.15) is 15.9 Å². The fourth-order valence-corrected chi connectivity index (χ4v) is 1.63. The zero-order valence-corrected chi connectivity index (χ0v) is 10.1. The topological polar surface area (TPSA) is 49.3 Å². The summed E-state index contributed by atoms with van der Waals surface area (Å²) in [6.45, 7) is 1.74. The first-order valence-electron chi connectivity index (χ1n) is 5.54. The summed E-state index contributed by atoms with van der Waals surface area (Å²) < 4.78 is 26.8. The number of amides is 1. The minimum atomic E-state index is -0.875. The lowest BCUT2D eigenvalue weighted by atomic mass is 10.1. The molecular formula is C14H11F2NO2. The number of hydrogen-bond donors (Lipinski definition) is 2. The highest BCUT2D eigenvalue weighted by molar-refractivity contribution is 6.06. The van der Waals surface area contributed by atoms with Crippen molar-refractivity contribution in [1.29, 1.82) is 0 Å². The van der Waals surface area contributed by atoms with E-state index in [1.165, 1.54) is 18.2 Å². The van der Waals surface area contributed by atoms with Gasteiger partial charge in [0.25, 0.3) is 5.91 Å². The van der Waals surface area contributed by atoms with Crippen LogP contribution in [0.25, 0.3) is 0 Å². The molecule has 0 aliphatic carbocycles. The third-order valence-electron chi connectivity index (χ3n) is 2.60. The number of carbonyl (C=O) groups is 1. The Morgan fingerprint density at radius 3 is 2.42 bits per heavy atom. The van der Waals surface area contributed by atoms with Gasteiger partial charge in [-0.05, 0) is 31.2 Å². The number of phenols is 1. The fraction of sp³-hybridized carbons (Fsp3) is 0.0714. The zero-order valence-electron chi connectivity index (χ0n) is 10.1. The average Bonchev–Trinajstić information content (AvgIpc) is 2.37. The predicted molar refractivity (Wildman–Crippen MR) is 67.2 cm³/mol. The maximum Gasteiger partial charge on any atom is 0.259 e. The van der Waals surface area contributed by atoms with E-state index in [0.717, 1.165) is 17.7 Å². The Morgan fingerprint density at radius 2 is 1.79 bits per heavy atom. The molecule has 0 saturated carbocycles. The van der Waals surface area contributed by atoms with E-state index in [0.29, 0.717) is 0 Å². The van der Waals surface area contributed by atoms with E-state index < -0.39 is 23.2 Å². The van der Waals surface area contributed by atoms with Crippen molar-refractivity contribution in [2.45, 2.75) is 6.92 Å². The maximum atomic E-state index is 13.4. The first-order valence-corrected chi connectivity index (χ1v) is 5.54. The Kier molecular flexibility index (Phi) is 3.46. The molecule has 19 heavy (non-hydrogen) atoms. The largest absolute Gasteiger partial charge is 0.507 e. The van der Waals surface area contributed by atoms with Gasteiger partial charge in [-0.25, -0.2) is 8.78 Å². The number of aryl methyl sites for hydroxylation is 1. The van der Waals surface area contributed by atoms with Crippen molar-refractivity contribution >= 4 is 11.6 Å². The standard InChI is InChI=1S/C14H11F2NO2/c1-8-5-6-12(18)9(7-8)14(19)17-13-10(15)3-2-4-11(13)16/h2-7,18H,1H3,(H,17,19). The molecule has 5 heteroatoms. The summed E-state index contributed by atoms with van der Waals surface area (Å²) in [7, 11) is 0. The highest BCUT2D eigenvalue weighted by atomic mass is 19.1. The third-order valence-corrected chi connectivity index (χ3v) is 2.60. The summed E-state index contributed by atoms with van der Waals surface area (Å²) in [5.41, 5.74) is 0.174. The second-order valence-electron chi connectivity index (χ2n) is 4.07. The van der Waals surface area contributed by atoms with Crippen molar-refractivity contribution in [3.05, 3.63) is 59.2 Å². The number of nitrogens with one attached hydrogen (secondary N) is 1. The van der Waals surface area contributed by atoms with Crippen LogP contribution in [0.2, 0.25) is 0 Å². The predicted octanol–water partition coefficient (Wildman–Crippen LogP) is 3.23.